The summed E-state index contributed by atoms with van der Waals surface area (Å²) in [5, 5.41) is 3.32. The lowest BCUT2D eigenvalue weighted by Gasteiger charge is -2.22. The Kier molecular flexibility index (Phi) is 8.82. The number of aromatic nitrogens is 2. The molecule has 1 aliphatic rings. The van der Waals surface area contributed by atoms with Crippen LogP contribution in [0.1, 0.15) is 61.2 Å². The molecule has 2 N–H and O–H groups in total. The van der Waals surface area contributed by atoms with Crippen molar-refractivity contribution in [2.24, 2.45) is 0 Å². The van der Waals surface area contributed by atoms with Gasteiger partial charge in [-0.15, -0.1) is 12.3 Å². The van der Waals surface area contributed by atoms with E-state index in [9.17, 15) is 19.2 Å². The molecule has 1 aliphatic heterocycles. The minimum absolute atomic E-state index is 0.0444. The van der Waals surface area contributed by atoms with E-state index in [-0.39, 0.29) is 60.1 Å². The standard InChI is InChI=1S/C36H27ClFN5O4/c1-2-10-25(32-40-30-21-22(37)17-18-28(30)36(47)43(32)41-23-11-4-3-5-12-23)24-15-8-16-29(31(24)38)33(44)39-19-9-20-42-34(45)26-13-6-7-14-27(26)35(42)46/h1,3-8,11-18,21,25,41H,9-10,19-20H2,(H,39,44)/t25-/m1/s1. The molecule has 0 aliphatic carbocycles. The number of benzene rings is 4. The second-order valence-corrected chi connectivity index (χ2v) is 11.3. The fourth-order valence-electron chi connectivity index (χ4n) is 5.59. The number of carbonyl (C=O) groups is 3. The second kappa shape index (κ2) is 13.3. The molecule has 1 aromatic heterocycles. The lowest BCUT2D eigenvalue weighted by molar-refractivity contribution is 0.0653. The smallest absolute Gasteiger partial charge is 0.280 e. The molecule has 234 valence electrons. The van der Waals surface area contributed by atoms with E-state index in [1.165, 1.54) is 22.9 Å². The van der Waals surface area contributed by atoms with Gasteiger partial charge in [0.25, 0.3) is 23.3 Å². The van der Waals surface area contributed by atoms with Gasteiger partial charge in [0.1, 0.15) is 11.6 Å². The first kappa shape index (κ1) is 31.2. The zero-order valence-electron chi connectivity index (χ0n) is 24.9. The average molecular weight is 648 g/mol. The molecule has 6 rings (SSSR count). The molecule has 4 aromatic carbocycles. The maximum Gasteiger partial charge on any atom is 0.280 e. The Morgan fingerprint density at radius 2 is 1.64 bits per heavy atom. The molecular weight excluding hydrogens is 621 g/mol. The highest BCUT2D eigenvalue weighted by Gasteiger charge is 2.34. The van der Waals surface area contributed by atoms with Gasteiger partial charge in [-0.1, -0.05) is 54.1 Å². The number of imide groups is 1. The fraction of sp³-hybridized carbons (Fsp3) is 0.139. The number of hydrogen-bond donors (Lipinski definition) is 2. The van der Waals surface area contributed by atoms with Gasteiger partial charge < -0.3 is 5.32 Å². The number of halogens is 2. The van der Waals surface area contributed by atoms with Gasteiger partial charge in [-0.3, -0.25) is 29.5 Å². The Balaban J connectivity index is 1.27. The molecule has 2 heterocycles. The highest BCUT2D eigenvalue weighted by atomic mass is 35.5. The van der Waals surface area contributed by atoms with E-state index in [0.717, 1.165) is 4.90 Å². The van der Waals surface area contributed by atoms with Crippen LogP contribution in [0, 0.1) is 18.2 Å². The largest absolute Gasteiger partial charge is 0.352 e. The molecule has 0 unspecified atom stereocenters. The van der Waals surface area contributed by atoms with Crippen molar-refractivity contribution in [1.29, 1.82) is 0 Å². The number of amides is 3. The predicted octanol–water partition coefficient (Wildman–Crippen LogP) is 5.64. The number of fused-ring (bicyclic) bond motifs is 2. The first-order chi connectivity index (χ1) is 22.8. The molecule has 0 spiro atoms. The number of rotatable bonds is 10. The SMILES string of the molecule is C#CC[C@H](c1cccc(C(=O)NCCCN2C(=O)c3ccccc3C2=O)c1F)c1nc2cc(Cl)ccc2c(=O)n1Nc1ccccc1. The summed E-state index contributed by atoms with van der Waals surface area (Å²) in [4.78, 5) is 58.1. The molecule has 47 heavy (non-hydrogen) atoms. The average Bonchev–Trinajstić information content (AvgIpc) is 3.32. The number of nitrogens with zero attached hydrogens (tertiary/aromatic N) is 3. The summed E-state index contributed by atoms with van der Waals surface area (Å²) < 4.78 is 17.5. The summed E-state index contributed by atoms with van der Waals surface area (Å²) in [6.45, 7) is 0.167. The van der Waals surface area contributed by atoms with Crippen LogP contribution in [-0.2, 0) is 0 Å². The monoisotopic (exact) mass is 647 g/mol. The Bertz CT molecular complexity index is 2110. The predicted molar refractivity (Wildman–Crippen MR) is 177 cm³/mol. The van der Waals surface area contributed by atoms with Crippen molar-refractivity contribution < 1.29 is 18.8 Å². The molecule has 11 heteroatoms. The van der Waals surface area contributed by atoms with Crippen LogP contribution in [0.15, 0.2) is 95.8 Å². The van der Waals surface area contributed by atoms with E-state index in [4.69, 9.17) is 23.0 Å². The van der Waals surface area contributed by atoms with E-state index in [1.54, 1.807) is 66.7 Å². The maximum atomic E-state index is 16.2. The van der Waals surface area contributed by atoms with Crippen LogP contribution in [0.2, 0.25) is 5.02 Å². The number of anilines is 1. The van der Waals surface area contributed by atoms with Crippen LogP contribution in [0.3, 0.4) is 0 Å². The first-order valence-electron chi connectivity index (χ1n) is 14.8. The van der Waals surface area contributed by atoms with Crippen molar-refractivity contribution in [3.8, 4) is 12.3 Å². The minimum Gasteiger partial charge on any atom is -0.352 e. The highest BCUT2D eigenvalue weighted by Crippen LogP contribution is 2.31. The molecule has 1 atom stereocenters. The summed E-state index contributed by atoms with van der Waals surface area (Å²) in [6.07, 6.45) is 5.97. The Labute approximate surface area is 274 Å². The summed E-state index contributed by atoms with van der Waals surface area (Å²) >= 11 is 6.22. The normalized spacial score (nSPS) is 12.9. The molecule has 0 fully saturated rings. The maximum absolute atomic E-state index is 16.2. The zero-order chi connectivity index (χ0) is 33.1. The molecule has 0 saturated heterocycles. The van der Waals surface area contributed by atoms with Gasteiger partial charge in [0.15, 0.2) is 0 Å². The molecule has 0 bridgehead atoms. The Morgan fingerprint density at radius 3 is 2.34 bits per heavy atom. The van der Waals surface area contributed by atoms with Crippen LogP contribution in [0.25, 0.3) is 10.9 Å². The molecule has 9 nitrogen and oxygen atoms in total. The number of para-hydroxylation sites is 1. The molecular formula is C36H27ClFN5O4. The van der Waals surface area contributed by atoms with Gasteiger partial charge >= 0.3 is 0 Å². The van der Waals surface area contributed by atoms with E-state index in [1.807, 2.05) is 6.07 Å². The zero-order valence-corrected chi connectivity index (χ0v) is 25.6. The third-order valence-electron chi connectivity index (χ3n) is 7.88. The van der Waals surface area contributed by atoms with Crippen molar-refractivity contribution in [1.82, 2.24) is 19.9 Å². The van der Waals surface area contributed by atoms with E-state index >= 15 is 4.39 Å². The van der Waals surface area contributed by atoms with Crippen molar-refractivity contribution in [3.63, 3.8) is 0 Å². The lowest BCUT2D eigenvalue weighted by Crippen LogP contribution is -2.34. The Morgan fingerprint density at radius 1 is 0.936 bits per heavy atom. The van der Waals surface area contributed by atoms with Gasteiger partial charge in [-0.05, 0) is 55.0 Å². The van der Waals surface area contributed by atoms with Crippen LogP contribution < -0.4 is 16.3 Å². The van der Waals surface area contributed by atoms with Crippen molar-refractivity contribution >= 4 is 45.9 Å². The van der Waals surface area contributed by atoms with Gasteiger partial charge in [0.2, 0.25) is 0 Å². The number of hydrogen-bond acceptors (Lipinski definition) is 6. The molecule has 5 aromatic rings. The van der Waals surface area contributed by atoms with Gasteiger partial charge in [-0.2, -0.15) is 0 Å². The second-order valence-electron chi connectivity index (χ2n) is 10.8. The molecule has 3 amide bonds. The van der Waals surface area contributed by atoms with Crippen LogP contribution in [-0.4, -0.2) is 45.4 Å². The Hall–Kier alpha value is -5.79. The summed E-state index contributed by atoms with van der Waals surface area (Å²) in [6, 6.07) is 24.6. The van der Waals surface area contributed by atoms with Crippen LogP contribution >= 0.6 is 11.6 Å². The number of carbonyl (C=O) groups excluding carboxylic acids is 3. The van der Waals surface area contributed by atoms with Crippen LogP contribution in [0.5, 0.6) is 0 Å². The third-order valence-corrected chi connectivity index (χ3v) is 8.11. The molecule has 0 radical (unpaired) electrons. The summed E-state index contributed by atoms with van der Waals surface area (Å²) in [7, 11) is 0. The van der Waals surface area contributed by atoms with Crippen LogP contribution in [0.4, 0.5) is 10.1 Å². The van der Waals surface area contributed by atoms with E-state index < -0.39 is 23.2 Å². The topological polar surface area (TPSA) is 113 Å². The van der Waals surface area contributed by atoms with Crippen molar-refractivity contribution in [2.45, 2.75) is 18.8 Å². The molecule has 0 saturated carbocycles. The van der Waals surface area contributed by atoms with Crippen molar-refractivity contribution in [3.05, 3.63) is 140 Å². The minimum atomic E-state index is -0.936. The highest BCUT2D eigenvalue weighted by molar-refractivity contribution is 6.31. The summed E-state index contributed by atoms with van der Waals surface area (Å²) in [5.74, 6) is -0.541. The van der Waals surface area contributed by atoms with Gasteiger partial charge in [0.05, 0.1) is 39.2 Å². The van der Waals surface area contributed by atoms with Gasteiger partial charge in [0, 0.05) is 30.1 Å². The van der Waals surface area contributed by atoms with E-state index in [0.29, 0.717) is 27.4 Å². The number of terminal acetylenes is 1. The fourth-order valence-corrected chi connectivity index (χ4v) is 5.76. The third kappa shape index (κ3) is 6.09. The van der Waals surface area contributed by atoms with Gasteiger partial charge in [-0.25, -0.2) is 14.1 Å². The quantitative estimate of drug-likeness (QED) is 0.115. The summed E-state index contributed by atoms with van der Waals surface area (Å²) in [5.41, 5.74) is 4.03. The first-order valence-corrected chi connectivity index (χ1v) is 15.2. The lowest BCUT2D eigenvalue weighted by atomic mass is 9.92. The van der Waals surface area contributed by atoms with E-state index in [2.05, 4.69) is 16.7 Å². The van der Waals surface area contributed by atoms with Crippen molar-refractivity contribution in [2.75, 3.05) is 18.5 Å². The number of nitrogens with one attached hydrogen (secondary N) is 2.